The first kappa shape index (κ1) is 19.8. The van der Waals surface area contributed by atoms with Gasteiger partial charge in [-0.25, -0.2) is 9.97 Å². The number of carbonyl (C=O) groups is 1. The molecule has 154 valence electrons. The zero-order valence-electron chi connectivity index (χ0n) is 17.0. The first-order valence-electron chi connectivity index (χ1n) is 10.8. The number of nitrogen functional groups attached to an aromatic ring is 1. The minimum Gasteiger partial charge on any atom is -0.368 e. The Hall–Kier alpha value is -2.47. The van der Waals surface area contributed by atoms with E-state index in [0.29, 0.717) is 17.4 Å². The Morgan fingerprint density at radius 3 is 2.55 bits per heavy atom. The average Bonchev–Trinajstić information content (AvgIpc) is 2.75. The molecule has 1 aromatic carbocycles. The van der Waals surface area contributed by atoms with Gasteiger partial charge in [0.2, 0.25) is 11.9 Å². The van der Waals surface area contributed by atoms with E-state index in [9.17, 15) is 4.79 Å². The molecule has 2 heterocycles. The van der Waals surface area contributed by atoms with E-state index >= 15 is 0 Å². The lowest BCUT2D eigenvalue weighted by molar-refractivity contribution is 0.100. The molecule has 2 aliphatic rings. The van der Waals surface area contributed by atoms with Crippen molar-refractivity contribution in [1.29, 1.82) is 0 Å². The van der Waals surface area contributed by atoms with Crippen LogP contribution in [0.3, 0.4) is 0 Å². The van der Waals surface area contributed by atoms with Crippen molar-refractivity contribution in [2.75, 3.05) is 25.4 Å². The molecule has 1 atom stereocenters. The molecule has 1 aliphatic heterocycles. The standard InChI is InChI=1S/C23H31N5O/c24-22(29)18-10-8-17(9-11-18)20-13-26-23(25)27-21(20)19-7-4-12-28(15-19)14-16-5-2-1-3-6-16/h8-11,13,16,19H,1-7,12,14-15H2,(H2,24,29)(H2,25,26,27). The van der Waals surface area contributed by atoms with E-state index in [2.05, 4.69) is 14.9 Å². The summed E-state index contributed by atoms with van der Waals surface area (Å²) < 4.78 is 0. The number of likely N-dealkylation sites (tertiary alicyclic amines) is 1. The monoisotopic (exact) mass is 393 g/mol. The molecule has 1 unspecified atom stereocenters. The Kier molecular flexibility index (Phi) is 6.09. The molecule has 0 bridgehead atoms. The van der Waals surface area contributed by atoms with Crippen LogP contribution in [0.4, 0.5) is 5.95 Å². The van der Waals surface area contributed by atoms with E-state index in [0.717, 1.165) is 35.7 Å². The second-order valence-corrected chi connectivity index (χ2v) is 8.57. The Morgan fingerprint density at radius 1 is 1.07 bits per heavy atom. The lowest BCUT2D eigenvalue weighted by Crippen LogP contribution is -2.38. The number of carbonyl (C=O) groups excluding carboxylic acids is 1. The summed E-state index contributed by atoms with van der Waals surface area (Å²) in [6.45, 7) is 3.41. The van der Waals surface area contributed by atoms with Crippen molar-refractivity contribution in [3.63, 3.8) is 0 Å². The molecule has 4 rings (SSSR count). The van der Waals surface area contributed by atoms with Crippen LogP contribution < -0.4 is 11.5 Å². The summed E-state index contributed by atoms with van der Waals surface area (Å²) in [6, 6.07) is 7.35. The smallest absolute Gasteiger partial charge is 0.248 e. The summed E-state index contributed by atoms with van der Waals surface area (Å²) in [5, 5.41) is 0. The highest BCUT2D eigenvalue weighted by Crippen LogP contribution is 2.34. The van der Waals surface area contributed by atoms with Crippen molar-refractivity contribution < 1.29 is 4.79 Å². The predicted octanol–water partition coefficient (Wildman–Crippen LogP) is 3.58. The molecule has 2 aromatic rings. The van der Waals surface area contributed by atoms with Crippen LogP contribution in [0.1, 0.15) is 66.9 Å². The lowest BCUT2D eigenvalue weighted by Gasteiger charge is -2.36. The number of anilines is 1. The van der Waals surface area contributed by atoms with Gasteiger partial charge in [-0.1, -0.05) is 31.4 Å². The summed E-state index contributed by atoms with van der Waals surface area (Å²) in [5.74, 6) is 1.10. The van der Waals surface area contributed by atoms with Crippen LogP contribution >= 0.6 is 0 Å². The molecule has 6 nitrogen and oxygen atoms in total. The second-order valence-electron chi connectivity index (χ2n) is 8.57. The SMILES string of the molecule is NC(=O)c1ccc(-c2cnc(N)nc2C2CCCN(CC3CCCCC3)C2)cc1. The molecule has 6 heteroatoms. The topological polar surface area (TPSA) is 98.1 Å². The van der Waals surface area contributed by atoms with Gasteiger partial charge in [-0.15, -0.1) is 0 Å². The summed E-state index contributed by atoms with van der Waals surface area (Å²) in [4.78, 5) is 22.9. The highest BCUT2D eigenvalue weighted by Gasteiger charge is 2.27. The number of aromatic nitrogens is 2. The van der Waals surface area contributed by atoms with E-state index in [1.54, 1.807) is 12.1 Å². The van der Waals surface area contributed by atoms with Gasteiger partial charge >= 0.3 is 0 Å². The Labute approximate surface area is 172 Å². The van der Waals surface area contributed by atoms with Crippen LogP contribution in [0, 0.1) is 5.92 Å². The van der Waals surface area contributed by atoms with Crippen LogP contribution in [0.15, 0.2) is 30.5 Å². The third-order valence-corrected chi connectivity index (χ3v) is 6.45. The summed E-state index contributed by atoms with van der Waals surface area (Å²) >= 11 is 0. The van der Waals surface area contributed by atoms with Gasteiger partial charge in [0.25, 0.3) is 0 Å². The van der Waals surface area contributed by atoms with Crippen molar-refractivity contribution in [2.24, 2.45) is 11.7 Å². The maximum absolute atomic E-state index is 11.4. The summed E-state index contributed by atoms with van der Waals surface area (Å²) in [5.41, 5.74) is 14.9. The van der Waals surface area contributed by atoms with E-state index in [-0.39, 0.29) is 0 Å². The summed E-state index contributed by atoms with van der Waals surface area (Å²) in [7, 11) is 0. The molecular weight excluding hydrogens is 362 g/mol. The van der Waals surface area contributed by atoms with Crippen LogP contribution in [0.2, 0.25) is 0 Å². The Morgan fingerprint density at radius 2 is 1.83 bits per heavy atom. The van der Waals surface area contributed by atoms with Gasteiger partial charge in [-0.2, -0.15) is 0 Å². The molecular formula is C23H31N5O. The zero-order chi connectivity index (χ0) is 20.2. The largest absolute Gasteiger partial charge is 0.368 e. The molecule has 1 saturated carbocycles. The second kappa shape index (κ2) is 8.91. The number of piperidine rings is 1. The van der Waals surface area contributed by atoms with Crippen LogP contribution in [-0.2, 0) is 0 Å². The fourth-order valence-electron chi connectivity index (χ4n) is 4.94. The highest BCUT2D eigenvalue weighted by atomic mass is 16.1. The average molecular weight is 394 g/mol. The third kappa shape index (κ3) is 4.75. The normalized spacial score (nSPS) is 21.2. The molecule has 0 radical (unpaired) electrons. The first-order valence-corrected chi connectivity index (χ1v) is 10.8. The molecule has 1 aromatic heterocycles. The molecule has 4 N–H and O–H groups in total. The van der Waals surface area contributed by atoms with Gasteiger partial charge in [0.05, 0.1) is 5.69 Å². The van der Waals surface area contributed by atoms with Crippen LogP contribution in [-0.4, -0.2) is 40.4 Å². The predicted molar refractivity (Wildman–Crippen MR) is 115 cm³/mol. The maximum Gasteiger partial charge on any atom is 0.248 e. The van der Waals surface area contributed by atoms with E-state index in [4.69, 9.17) is 11.5 Å². The van der Waals surface area contributed by atoms with Crippen molar-refractivity contribution in [3.8, 4) is 11.1 Å². The highest BCUT2D eigenvalue weighted by molar-refractivity contribution is 5.93. The Bertz CT molecular complexity index is 845. The zero-order valence-corrected chi connectivity index (χ0v) is 17.0. The number of nitrogens with zero attached hydrogens (tertiary/aromatic N) is 3. The molecule has 1 amide bonds. The number of rotatable bonds is 5. The fourth-order valence-corrected chi connectivity index (χ4v) is 4.94. The molecule has 2 fully saturated rings. The summed E-state index contributed by atoms with van der Waals surface area (Å²) in [6.07, 6.45) is 11.0. The van der Waals surface area contributed by atoms with Gasteiger partial charge in [0, 0.05) is 36.3 Å². The van der Waals surface area contributed by atoms with Crippen LogP contribution in [0.25, 0.3) is 11.1 Å². The molecule has 1 saturated heterocycles. The van der Waals surface area contributed by atoms with Crippen molar-refractivity contribution >= 4 is 11.9 Å². The minimum atomic E-state index is -0.420. The van der Waals surface area contributed by atoms with Crippen molar-refractivity contribution in [1.82, 2.24) is 14.9 Å². The van der Waals surface area contributed by atoms with E-state index < -0.39 is 5.91 Å². The molecule has 0 spiro atoms. The van der Waals surface area contributed by atoms with Gasteiger partial charge in [0.15, 0.2) is 0 Å². The first-order chi connectivity index (χ1) is 14.1. The molecule has 1 aliphatic carbocycles. The molecule has 29 heavy (non-hydrogen) atoms. The number of amides is 1. The van der Waals surface area contributed by atoms with Crippen LogP contribution in [0.5, 0.6) is 0 Å². The number of hydrogen-bond acceptors (Lipinski definition) is 5. The van der Waals surface area contributed by atoms with Crippen molar-refractivity contribution in [3.05, 3.63) is 41.7 Å². The van der Waals surface area contributed by atoms with Crippen molar-refractivity contribution in [2.45, 2.75) is 50.9 Å². The maximum atomic E-state index is 11.4. The fraction of sp³-hybridized carbons (Fsp3) is 0.522. The van der Waals surface area contributed by atoms with Gasteiger partial charge < -0.3 is 16.4 Å². The van der Waals surface area contributed by atoms with Gasteiger partial charge in [-0.3, -0.25) is 4.79 Å². The van der Waals surface area contributed by atoms with Gasteiger partial charge in [-0.05, 0) is 55.8 Å². The number of hydrogen-bond donors (Lipinski definition) is 2. The minimum absolute atomic E-state index is 0.321. The number of primary amides is 1. The lowest BCUT2D eigenvalue weighted by atomic mass is 9.86. The van der Waals surface area contributed by atoms with E-state index in [1.807, 2.05) is 18.3 Å². The Balaban J connectivity index is 1.55. The quantitative estimate of drug-likeness (QED) is 0.809. The van der Waals surface area contributed by atoms with E-state index in [1.165, 1.54) is 51.6 Å². The number of nitrogens with two attached hydrogens (primary N) is 2. The van der Waals surface area contributed by atoms with Gasteiger partial charge in [0.1, 0.15) is 0 Å². The number of benzene rings is 1. The third-order valence-electron chi connectivity index (χ3n) is 6.45.